The number of Topliss-reactive ketones (excluding diaryl/α,β-unsaturated/α-hetero) is 1. The number of ketones is 1. The number of hydrogen-bond donors (Lipinski definition) is 1. The molecule has 70 valence electrons. The highest BCUT2D eigenvalue weighted by molar-refractivity contribution is 7.09. The summed E-state index contributed by atoms with van der Waals surface area (Å²) in [7, 11) is 0. The van der Waals surface area contributed by atoms with E-state index < -0.39 is 0 Å². The normalized spacial score (nSPS) is 17.0. The number of aryl methyl sites for hydroxylation is 1. The van der Waals surface area contributed by atoms with Gasteiger partial charge in [0, 0.05) is 30.8 Å². The van der Waals surface area contributed by atoms with E-state index in [0.717, 1.165) is 23.8 Å². The van der Waals surface area contributed by atoms with Crippen LogP contribution in [-0.4, -0.2) is 23.9 Å². The van der Waals surface area contributed by atoms with Crippen molar-refractivity contribution < 1.29 is 4.79 Å². The van der Waals surface area contributed by atoms with E-state index in [-0.39, 0.29) is 5.92 Å². The van der Waals surface area contributed by atoms with Gasteiger partial charge in [-0.25, -0.2) is 4.98 Å². The summed E-state index contributed by atoms with van der Waals surface area (Å²) in [6.07, 6.45) is 0.511. The average molecular weight is 196 g/mol. The molecule has 2 heterocycles. The topological polar surface area (TPSA) is 42.0 Å². The molecule has 1 aliphatic heterocycles. The van der Waals surface area contributed by atoms with E-state index in [1.54, 1.807) is 11.3 Å². The minimum Gasteiger partial charge on any atom is -0.315 e. The molecular formula is C9H12N2OS. The molecule has 0 aliphatic carbocycles. The van der Waals surface area contributed by atoms with Crippen LogP contribution in [0.15, 0.2) is 5.38 Å². The maximum absolute atomic E-state index is 11.5. The van der Waals surface area contributed by atoms with E-state index >= 15 is 0 Å². The van der Waals surface area contributed by atoms with Crippen molar-refractivity contribution in [1.29, 1.82) is 0 Å². The summed E-state index contributed by atoms with van der Waals surface area (Å²) >= 11 is 1.60. The van der Waals surface area contributed by atoms with E-state index in [1.807, 2.05) is 12.3 Å². The molecular weight excluding hydrogens is 184 g/mol. The van der Waals surface area contributed by atoms with Crippen molar-refractivity contribution in [2.75, 3.05) is 13.1 Å². The number of rotatable bonds is 3. The van der Waals surface area contributed by atoms with Gasteiger partial charge in [0.2, 0.25) is 0 Å². The second kappa shape index (κ2) is 3.55. The summed E-state index contributed by atoms with van der Waals surface area (Å²) in [6, 6.07) is 0. The molecule has 0 unspecified atom stereocenters. The van der Waals surface area contributed by atoms with Gasteiger partial charge >= 0.3 is 0 Å². The third-order valence-electron chi connectivity index (χ3n) is 2.26. The first-order chi connectivity index (χ1) is 6.25. The Morgan fingerprint density at radius 3 is 3.00 bits per heavy atom. The molecule has 1 aliphatic rings. The van der Waals surface area contributed by atoms with Gasteiger partial charge in [-0.15, -0.1) is 11.3 Å². The first-order valence-electron chi connectivity index (χ1n) is 4.40. The lowest BCUT2D eigenvalue weighted by atomic mass is 9.95. The van der Waals surface area contributed by atoms with Crippen molar-refractivity contribution in [3.05, 3.63) is 16.1 Å². The zero-order chi connectivity index (χ0) is 9.26. The quantitative estimate of drug-likeness (QED) is 0.777. The summed E-state index contributed by atoms with van der Waals surface area (Å²) < 4.78 is 0. The van der Waals surface area contributed by atoms with E-state index in [0.29, 0.717) is 12.2 Å². The van der Waals surface area contributed by atoms with Crippen molar-refractivity contribution in [2.45, 2.75) is 13.3 Å². The number of nitrogens with one attached hydrogen (secondary N) is 1. The monoisotopic (exact) mass is 196 g/mol. The second-order valence-electron chi connectivity index (χ2n) is 3.36. The van der Waals surface area contributed by atoms with E-state index in [9.17, 15) is 4.79 Å². The molecule has 1 saturated heterocycles. The van der Waals surface area contributed by atoms with Crippen LogP contribution in [-0.2, 0) is 11.2 Å². The van der Waals surface area contributed by atoms with E-state index in [1.165, 1.54) is 0 Å². The van der Waals surface area contributed by atoms with Gasteiger partial charge in [-0.1, -0.05) is 0 Å². The average Bonchev–Trinajstić information content (AvgIpc) is 2.31. The van der Waals surface area contributed by atoms with Gasteiger partial charge in [-0.05, 0) is 6.92 Å². The lowest BCUT2D eigenvalue weighted by Crippen LogP contribution is -2.47. The van der Waals surface area contributed by atoms with Gasteiger partial charge in [0.15, 0.2) is 0 Å². The number of aromatic nitrogens is 1. The van der Waals surface area contributed by atoms with Crippen LogP contribution in [0, 0.1) is 12.8 Å². The van der Waals surface area contributed by atoms with Crippen molar-refractivity contribution in [3.8, 4) is 0 Å². The molecule has 1 aromatic rings. The number of nitrogens with zero attached hydrogens (tertiary/aromatic N) is 1. The number of hydrogen-bond acceptors (Lipinski definition) is 4. The molecule has 0 bridgehead atoms. The molecule has 2 rings (SSSR count). The Morgan fingerprint density at radius 1 is 1.77 bits per heavy atom. The van der Waals surface area contributed by atoms with Crippen molar-refractivity contribution in [3.63, 3.8) is 0 Å². The largest absolute Gasteiger partial charge is 0.315 e. The fourth-order valence-corrected chi connectivity index (χ4v) is 1.94. The number of thiazole rings is 1. The summed E-state index contributed by atoms with van der Waals surface area (Å²) in [5.74, 6) is 0.561. The van der Waals surface area contributed by atoms with Gasteiger partial charge < -0.3 is 5.32 Å². The second-order valence-corrected chi connectivity index (χ2v) is 4.42. The maximum Gasteiger partial charge on any atom is 0.144 e. The fourth-order valence-electron chi connectivity index (χ4n) is 1.33. The van der Waals surface area contributed by atoms with Crippen LogP contribution < -0.4 is 5.32 Å². The van der Waals surface area contributed by atoms with Crippen LogP contribution in [0.4, 0.5) is 0 Å². The van der Waals surface area contributed by atoms with Crippen LogP contribution in [0.1, 0.15) is 10.7 Å². The third-order valence-corrected chi connectivity index (χ3v) is 3.08. The van der Waals surface area contributed by atoms with Gasteiger partial charge in [0.1, 0.15) is 5.78 Å². The van der Waals surface area contributed by atoms with E-state index in [4.69, 9.17) is 0 Å². The summed E-state index contributed by atoms with van der Waals surface area (Å²) in [5.41, 5.74) is 0.930. The highest BCUT2D eigenvalue weighted by Gasteiger charge is 2.24. The molecule has 4 heteroatoms. The van der Waals surface area contributed by atoms with Gasteiger partial charge in [-0.3, -0.25) is 4.79 Å². The minimum absolute atomic E-state index is 0.238. The Hall–Kier alpha value is -0.740. The van der Waals surface area contributed by atoms with E-state index in [2.05, 4.69) is 10.3 Å². The zero-order valence-electron chi connectivity index (χ0n) is 7.54. The Morgan fingerprint density at radius 2 is 2.54 bits per heavy atom. The van der Waals surface area contributed by atoms with Crippen molar-refractivity contribution in [2.24, 2.45) is 5.92 Å². The van der Waals surface area contributed by atoms with Crippen LogP contribution in [0.5, 0.6) is 0 Å². The molecule has 0 saturated carbocycles. The first-order valence-corrected chi connectivity index (χ1v) is 5.28. The predicted octanol–water partition coefficient (Wildman–Crippen LogP) is 0.783. The fraction of sp³-hybridized carbons (Fsp3) is 0.556. The lowest BCUT2D eigenvalue weighted by Gasteiger charge is -2.25. The number of carbonyl (C=O) groups is 1. The minimum atomic E-state index is 0.238. The Bertz CT molecular complexity index is 317. The van der Waals surface area contributed by atoms with Crippen LogP contribution in [0.25, 0.3) is 0 Å². The Labute approximate surface area is 81.2 Å². The first kappa shape index (κ1) is 8.84. The molecule has 0 radical (unpaired) electrons. The molecule has 1 N–H and O–H groups in total. The Balaban J connectivity index is 1.93. The molecule has 0 atom stereocenters. The van der Waals surface area contributed by atoms with Gasteiger partial charge in [0.25, 0.3) is 0 Å². The summed E-state index contributed by atoms with van der Waals surface area (Å²) in [5, 5.41) is 6.10. The third kappa shape index (κ3) is 1.95. The maximum atomic E-state index is 11.5. The molecule has 3 nitrogen and oxygen atoms in total. The molecule has 0 amide bonds. The molecule has 13 heavy (non-hydrogen) atoms. The van der Waals surface area contributed by atoms with Crippen molar-refractivity contribution in [1.82, 2.24) is 10.3 Å². The van der Waals surface area contributed by atoms with Gasteiger partial charge in [0.05, 0.1) is 10.7 Å². The van der Waals surface area contributed by atoms with Gasteiger partial charge in [-0.2, -0.15) is 0 Å². The Kier molecular flexibility index (Phi) is 2.42. The standard InChI is InChI=1S/C9H12N2OS/c1-6-11-8(5-13-6)2-9(12)7-3-10-4-7/h5,7,10H,2-4H2,1H3. The lowest BCUT2D eigenvalue weighted by molar-refractivity contribution is -0.123. The highest BCUT2D eigenvalue weighted by Crippen LogP contribution is 2.12. The van der Waals surface area contributed by atoms with Crippen LogP contribution >= 0.6 is 11.3 Å². The molecule has 0 aromatic carbocycles. The molecule has 1 aromatic heterocycles. The summed E-state index contributed by atoms with van der Waals surface area (Å²) in [4.78, 5) is 15.8. The van der Waals surface area contributed by atoms with Crippen molar-refractivity contribution >= 4 is 17.1 Å². The summed E-state index contributed by atoms with van der Waals surface area (Å²) in [6.45, 7) is 3.66. The van der Waals surface area contributed by atoms with Crippen LogP contribution in [0.3, 0.4) is 0 Å². The number of carbonyl (C=O) groups excluding carboxylic acids is 1. The van der Waals surface area contributed by atoms with Crippen LogP contribution in [0.2, 0.25) is 0 Å². The zero-order valence-corrected chi connectivity index (χ0v) is 8.36. The smallest absolute Gasteiger partial charge is 0.144 e. The SMILES string of the molecule is Cc1nc(CC(=O)C2CNC2)cs1. The highest BCUT2D eigenvalue weighted by atomic mass is 32.1. The molecule has 1 fully saturated rings. The molecule has 0 spiro atoms. The predicted molar refractivity (Wildman–Crippen MR) is 51.9 cm³/mol.